The lowest BCUT2D eigenvalue weighted by atomic mass is 9.92. The number of morpholine rings is 1. The molecule has 1 amide bonds. The average molecular weight is 590 g/mol. The topological polar surface area (TPSA) is 114 Å². The van der Waals surface area contributed by atoms with E-state index < -0.39 is 11.7 Å². The summed E-state index contributed by atoms with van der Waals surface area (Å²) in [6.45, 7) is 10.9. The average Bonchev–Trinajstić information content (AvgIpc) is 3.46. The number of nitrogens with one attached hydrogen (secondary N) is 2. The van der Waals surface area contributed by atoms with Crippen LogP contribution in [-0.2, 0) is 14.9 Å². The molecule has 1 saturated heterocycles. The number of rotatable bonds is 7. The van der Waals surface area contributed by atoms with Crippen LogP contribution in [0.1, 0.15) is 42.4 Å². The number of amides is 1. The number of anilines is 4. The molecule has 44 heavy (non-hydrogen) atoms. The highest BCUT2D eigenvalue weighted by Gasteiger charge is 2.25. The normalized spacial score (nSPS) is 13.6. The lowest BCUT2D eigenvalue weighted by Crippen LogP contribution is -2.37. The minimum absolute atomic E-state index is 0.259. The largest absolute Gasteiger partial charge is 0.378 e. The highest BCUT2D eigenvalue weighted by molar-refractivity contribution is 6.48. The Morgan fingerprint density at radius 3 is 2.36 bits per heavy atom. The predicted octanol–water partition coefficient (Wildman–Crippen LogP) is 5.82. The van der Waals surface area contributed by atoms with Gasteiger partial charge < -0.3 is 20.3 Å². The molecule has 2 N–H and O–H groups in total. The van der Waals surface area contributed by atoms with Crippen molar-refractivity contribution in [2.24, 2.45) is 0 Å². The van der Waals surface area contributed by atoms with Crippen molar-refractivity contribution in [2.45, 2.75) is 33.1 Å². The first-order valence-corrected chi connectivity index (χ1v) is 14.7. The SMILES string of the molecule is Cc1ccc(-n2nc(C(C)(C)C)cc2NC(=O)C(=O)c2ccc(Nc3ccnc(N4CCOCC4)n3)c3ccccc23)cc1. The first-order chi connectivity index (χ1) is 21.2. The number of ether oxygens (including phenoxy) is 1. The fourth-order valence-electron chi connectivity index (χ4n) is 5.09. The summed E-state index contributed by atoms with van der Waals surface area (Å²) in [4.78, 5) is 38.3. The van der Waals surface area contributed by atoms with E-state index >= 15 is 0 Å². The maximum Gasteiger partial charge on any atom is 0.297 e. The molecule has 1 fully saturated rings. The van der Waals surface area contributed by atoms with Crippen LogP contribution in [0.3, 0.4) is 0 Å². The molecule has 0 spiro atoms. The Bertz CT molecular complexity index is 1830. The second-order valence-electron chi connectivity index (χ2n) is 11.9. The van der Waals surface area contributed by atoms with Crippen molar-refractivity contribution in [3.05, 3.63) is 95.8 Å². The summed E-state index contributed by atoms with van der Waals surface area (Å²) < 4.78 is 7.12. The summed E-state index contributed by atoms with van der Waals surface area (Å²) in [5.41, 5.74) is 3.50. The van der Waals surface area contributed by atoms with Crippen molar-refractivity contribution >= 4 is 45.7 Å². The lowest BCUT2D eigenvalue weighted by Gasteiger charge is -2.26. The Hall–Kier alpha value is -5.09. The molecule has 3 heterocycles. The van der Waals surface area contributed by atoms with Crippen molar-refractivity contribution in [3.63, 3.8) is 0 Å². The van der Waals surface area contributed by atoms with Gasteiger partial charge in [-0.1, -0.05) is 62.7 Å². The number of Topliss-reactive ketones (excluding diaryl/α,β-unsaturated/α-hetero) is 1. The van der Waals surface area contributed by atoms with Crippen molar-refractivity contribution in [2.75, 3.05) is 41.8 Å². The summed E-state index contributed by atoms with van der Waals surface area (Å²) in [6, 6.07) is 22.4. The zero-order valence-corrected chi connectivity index (χ0v) is 25.3. The van der Waals surface area contributed by atoms with Crippen LogP contribution < -0.4 is 15.5 Å². The number of aromatic nitrogens is 4. The number of carbonyl (C=O) groups excluding carboxylic acids is 2. The molecule has 5 aromatic rings. The van der Waals surface area contributed by atoms with Gasteiger partial charge >= 0.3 is 0 Å². The van der Waals surface area contributed by atoms with E-state index in [0.29, 0.717) is 41.7 Å². The maximum absolute atomic E-state index is 13.7. The second-order valence-corrected chi connectivity index (χ2v) is 11.9. The molecule has 224 valence electrons. The van der Waals surface area contributed by atoms with Gasteiger partial charge in [-0.15, -0.1) is 0 Å². The van der Waals surface area contributed by atoms with Crippen LogP contribution in [0.4, 0.5) is 23.3 Å². The summed E-state index contributed by atoms with van der Waals surface area (Å²) in [7, 11) is 0. The molecule has 0 saturated carbocycles. The number of aryl methyl sites for hydroxylation is 1. The van der Waals surface area contributed by atoms with Crippen molar-refractivity contribution in [1.82, 2.24) is 19.7 Å². The highest BCUT2D eigenvalue weighted by Crippen LogP contribution is 2.31. The molecule has 0 aliphatic carbocycles. The molecule has 1 aliphatic rings. The summed E-state index contributed by atoms with van der Waals surface area (Å²) >= 11 is 0. The van der Waals surface area contributed by atoms with Crippen LogP contribution in [0.15, 0.2) is 79.0 Å². The Kier molecular flexibility index (Phi) is 7.84. The van der Waals surface area contributed by atoms with Gasteiger partial charge in [-0.05, 0) is 42.6 Å². The first kappa shape index (κ1) is 29.0. The molecule has 10 nitrogen and oxygen atoms in total. The van der Waals surface area contributed by atoms with Crippen LogP contribution in [0, 0.1) is 6.92 Å². The number of fused-ring (bicyclic) bond motifs is 1. The van der Waals surface area contributed by atoms with Gasteiger partial charge in [-0.25, -0.2) is 9.67 Å². The van der Waals surface area contributed by atoms with Crippen LogP contribution in [0.25, 0.3) is 16.5 Å². The van der Waals surface area contributed by atoms with Crippen molar-refractivity contribution in [1.29, 1.82) is 0 Å². The molecule has 6 rings (SSSR count). The van der Waals surface area contributed by atoms with E-state index in [2.05, 4.69) is 41.3 Å². The van der Waals surface area contributed by atoms with Gasteiger partial charge in [-0.3, -0.25) is 9.59 Å². The lowest BCUT2D eigenvalue weighted by molar-refractivity contribution is -0.112. The predicted molar refractivity (Wildman–Crippen MR) is 172 cm³/mol. The Labute approximate surface area is 256 Å². The van der Waals surface area contributed by atoms with Crippen LogP contribution in [-0.4, -0.2) is 57.7 Å². The summed E-state index contributed by atoms with van der Waals surface area (Å²) in [5, 5.41) is 12.4. The fraction of sp³-hybridized carbons (Fsp3) is 0.265. The maximum atomic E-state index is 13.7. The van der Waals surface area contributed by atoms with E-state index in [9.17, 15) is 9.59 Å². The fourth-order valence-corrected chi connectivity index (χ4v) is 5.09. The Morgan fingerprint density at radius 2 is 1.64 bits per heavy atom. The third kappa shape index (κ3) is 6.02. The van der Waals surface area contributed by atoms with Crippen molar-refractivity contribution in [3.8, 4) is 5.69 Å². The third-order valence-electron chi connectivity index (χ3n) is 7.57. The monoisotopic (exact) mass is 589 g/mol. The molecule has 10 heteroatoms. The number of carbonyl (C=O) groups is 2. The van der Waals surface area contributed by atoms with Crippen LogP contribution in [0.2, 0.25) is 0 Å². The van der Waals surface area contributed by atoms with Gasteiger partial charge in [0.1, 0.15) is 11.6 Å². The summed E-state index contributed by atoms with van der Waals surface area (Å²) in [6.07, 6.45) is 1.72. The third-order valence-corrected chi connectivity index (χ3v) is 7.57. The molecule has 0 radical (unpaired) electrons. The van der Waals surface area contributed by atoms with Gasteiger partial charge in [0.15, 0.2) is 0 Å². The standard InChI is InChI=1S/C34H35N7O3/c1-22-9-11-23(12-10-22)41-30(21-28(39-41)34(2,3)4)38-32(43)31(42)26-13-14-27(25-8-6-5-7-24(25)26)36-29-15-16-35-33(37-29)40-17-19-44-20-18-40/h5-16,21H,17-20H2,1-4H3,(H,38,43)(H,35,36,37). The molecule has 0 bridgehead atoms. The second kappa shape index (κ2) is 11.9. The highest BCUT2D eigenvalue weighted by atomic mass is 16.5. The Morgan fingerprint density at radius 1 is 0.909 bits per heavy atom. The quantitative estimate of drug-likeness (QED) is 0.180. The van der Waals surface area contributed by atoms with Gasteiger partial charge in [0.2, 0.25) is 5.95 Å². The molecule has 0 atom stereocenters. The van der Waals surface area contributed by atoms with E-state index in [-0.39, 0.29) is 5.41 Å². The van der Waals surface area contributed by atoms with Gasteiger partial charge in [0.25, 0.3) is 11.7 Å². The zero-order chi connectivity index (χ0) is 30.8. The first-order valence-electron chi connectivity index (χ1n) is 14.7. The number of hydrogen-bond donors (Lipinski definition) is 2. The molecule has 1 aliphatic heterocycles. The van der Waals surface area contributed by atoms with Gasteiger partial charge in [0.05, 0.1) is 24.6 Å². The number of ketones is 1. The number of nitrogens with zero attached hydrogens (tertiary/aromatic N) is 5. The van der Waals surface area contributed by atoms with E-state index in [4.69, 9.17) is 14.8 Å². The molecular weight excluding hydrogens is 554 g/mol. The van der Waals surface area contributed by atoms with Crippen LogP contribution >= 0.6 is 0 Å². The van der Waals surface area contributed by atoms with E-state index in [1.807, 2.05) is 61.5 Å². The minimum atomic E-state index is -0.740. The number of benzene rings is 3. The Balaban J connectivity index is 1.28. The summed E-state index contributed by atoms with van der Waals surface area (Å²) in [5.74, 6) is 0.307. The van der Waals surface area contributed by atoms with E-state index in [0.717, 1.165) is 41.1 Å². The molecule has 0 unspecified atom stereocenters. The zero-order valence-electron chi connectivity index (χ0n) is 25.3. The van der Waals surface area contributed by atoms with Gasteiger partial charge in [0, 0.05) is 47.4 Å². The molecule has 2 aromatic heterocycles. The molecular formula is C34H35N7O3. The van der Waals surface area contributed by atoms with E-state index in [1.54, 1.807) is 29.1 Å². The van der Waals surface area contributed by atoms with Gasteiger partial charge in [-0.2, -0.15) is 10.1 Å². The smallest absolute Gasteiger partial charge is 0.297 e. The van der Waals surface area contributed by atoms with Crippen molar-refractivity contribution < 1.29 is 14.3 Å². The van der Waals surface area contributed by atoms with E-state index in [1.165, 1.54) is 0 Å². The van der Waals surface area contributed by atoms with Crippen LogP contribution in [0.5, 0.6) is 0 Å². The number of hydrogen-bond acceptors (Lipinski definition) is 8. The minimum Gasteiger partial charge on any atom is -0.378 e. The molecule has 3 aromatic carbocycles.